The topological polar surface area (TPSA) is 86.8 Å². The van der Waals surface area contributed by atoms with E-state index in [1.165, 1.54) is 4.90 Å². The lowest BCUT2D eigenvalue weighted by Gasteiger charge is -2.34. The number of benzene rings is 3. The van der Waals surface area contributed by atoms with Gasteiger partial charge in [0.15, 0.2) is 0 Å². The van der Waals surface area contributed by atoms with Crippen LogP contribution in [-0.2, 0) is 32.6 Å². The molecule has 0 aliphatic rings. The predicted molar refractivity (Wildman–Crippen MR) is 152 cm³/mol. The van der Waals surface area contributed by atoms with Crippen molar-refractivity contribution in [3.05, 3.63) is 101 Å². The number of nitrogens with zero attached hydrogens (tertiary/aromatic N) is 2. The van der Waals surface area contributed by atoms with Gasteiger partial charge in [-0.15, -0.1) is 0 Å². The number of carbonyl (C=O) groups is 2. The van der Waals surface area contributed by atoms with E-state index in [1.54, 1.807) is 48.5 Å². The Kier molecular flexibility index (Phi) is 10.3. The van der Waals surface area contributed by atoms with E-state index in [1.807, 2.05) is 50.2 Å². The maximum Gasteiger partial charge on any atom is 0.244 e. The summed E-state index contributed by atoms with van der Waals surface area (Å²) < 4.78 is 26.5. The first-order chi connectivity index (χ1) is 18.1. The Balaban J connectivity index is 2.05. The Bertz CT molecular complexity index is 1320. The number of rotatable bonds is 12. The summed E-state index contributed by atoms with van der Waals surface area (Å²) in [6.45, 7) is 3.44. The van der Waals surface area contributed by atoms with Crippen LogP contribution < -0.4 is 9.62 Å². The lowest BCUT2D eigenvalue weighted by Crippen LogP contribution is -2.54. The highest BCUT2D eigenvalue weighted by molar-refractivity contribution is 7.92. The second-order valence-electron chi connectivity index (χ2n) is 9.24. The average molecular weight is 556 g/mol. The summed E-state index contributed by atoms with van der Waals surface area (Å²) in [7, 11) is -3.80. The van der Waals surface area contributed by atoms with Crippen LogP contribution in [0, 0.1) is 0 Å². The smallest absolute Gasteiger partial charge is 0.244 e. The number of halogens is 1. The van der Waals surface area contributed by atoms with Crippen molar-refractivity contribution in [2.24, 2.45) is 0 Å². The van der Waals surface area contributed by atoms with Crippen molar-refractivity contribution in [1.29, 1.82) is 0 Å². The van der Waals surface area contributed by atoms with Crippen LogP contribution in [0.1, 0.15) is 31.4 Å². The molecule has 38 heavy (non-hydrogen) atoms. The number of sulfonamides is 1. The van der Waals surface area contributed by atoms with Crippen LogP contribution >= 0.6 is 11.6 Å². The molecule has 1 N–H and O–H groups in total. The van der Waals surface area contributed by atoms with Crippen LogP contribution in [-0.4, -0.2) is 50.0 Å². The zero-order chi connectivity index (χ0) is 27.7. The third kappa shape index (κ3) is 8.07. The molecule has 0 fully saturated rings. The fourth-order valence-electron chi connectivity index (χ4n) is 4.01. The van der Waals surface area contributed by atoms with Crippen molar-refractivity contribution in [1.82, 2.24) is 10.2 Å². The summed E-state index contributed by atoms with van der Waals surface area (Å²) in [4.78, 5) is 29.0. The van der Waals surface area contributed by atoms with Gasteiger partial charge in [0.05, 0.1) is 11.9 Å². The number of hydrogen-bond donors (Lipinski definition) is 1. The SMILES string of the molecule is CC[C@H](C)NC(=O)[C@@H](Cc1ccccc1)N(Cc1ccccc1Cl)C(=O)CN(c1ccccc1)S(C)(=O)=O. The van der Waals surface area contributed by atoms with Gasteiger partial charge in [0.1, 0.15) is 12.6 Å². The monoisotopic (exact) mass is 555 g/mol. The minimum Gasteiger partial charge on any atom is -0.352 e. The molecule has 202 valence electrons. The van der Waals surface area contributed by atoms with Gasteiger partial charge in [-0.1, -0.05) is 85.3 Å². The van der Waals surface area contributed by atoms with Gasteiger partial charge in [0.2, 0.25) is 21.8 Å². The molecule has 2 amide bonds. The molecule has 0 unspecified atom stereocenters. The highest BCUT2D eigenvalue weighted by Crippen LogP contribution is 2.23. The normalized spacial score (nSPS) is 12.8. The van der Waals surface area contributed by atoms with E-state index in [0.29, 0.717) is 16.3 Å². The van der Waals surface area contributed by atoms with Crippen molar-refractivity contribution in [2.75, 3.05) is 17.1 Å². The minimum atomic E-state index is -3.80. The van der Waals surface area contributed by atoms with Crippen molar-refractivity contribution < 1.29 is 18.0 Å². The number of para-hydroxylation sites is 1. The van der Waals surface area contributed by atoms with E-state index in [0.717, 1.165) is 22.5 Å². The molecule has 3 aromatic carbocycles. The highest BCUT2D eigenvalue weighted by Gasteiger charge is 2.33. The number of amides is 2. The number of carbonyl (C=O) groups excluding carboxylic acids is 2. The molecule has 0 aromatic heterocycles. The maximum absolute atomic E-state index is 14.0. The first-order valence-corrected chi connectivity index (χ1v) is 14.7. The molecule has 0 heterocycles. The maximum atomic E-state index is 14.0. The summed E-state index contributed by atoms with van der Waals surface area (Å²) in [6.07, 6.45) is 2.03. The van der Waals surface area contributed by atoms with Gasteiger partial charge >= 0.3 is 0 Å². The molecule has 0 saturated carbocycles. The third-order valence-electron chi connectivity index (χ3n) is 6.29. The fraction of sp³-hybridized carbons (Fsp3) is 0.310. The highest BCUT2D eigenvalue weighted by atomic mass is 35.5. The second kappa shape index (κ2) is 13.4. The molecule has 0 radical (unpaired) electrons. The van der Waals surface area contributed by atoms with E-state index < -0.39 is 28.5 Å². The quantitative estimate of drug-likeness (QED) is 0.352. The Morgan fingerprint density at radius 2 is 1.50 bits per heavy atom. The first-order valence-electron chi connectivity index (χ1n) is 12.5. The predicted octanol–water partition coefficient (Wildman–Crippen LogP) is 4.66. The summed E-state index contributed by atoms with van der Waals surface area (Å²) in [5, 5.41) is 3.46. The van der Waals surface area contributed by atoms with E-state index >= 15 is 0 Å². The third-order valence-corrected chi connectivity index (χ3v) is 7.80. The number of nitrogens with one attached hydrogen (secondary N) is 1. The Morgan fingerprint density at radius 1 is 0.921 bits per heavy atom. The van der Waals surface area contributed by atoms with Gasteiger partial charge in [0, 0.05) is 24.0 Å². The van der Waals surface area contributed by atoms with Gasteiger partial charge in [0.25, 0.3) is 0 Å². The number of hydrogen-bond acceptors (Lipinski definition) is 4. The van der Waals surface area contributed by atoms with Gasteiger partial charge in [-0.2, -0.15) is 0 Å². The summed E-state index contributed by atoms with van der Waals surface area (Å²) in [6, 6.07) is 24.0. The molecule has 0 aliphatic carbocycles. The molecule has 9 heteroatoms. The number of anilines is 1. The largest absolute Gasteiger partial charge is 0.352 e. The Labute approximate surface area is 230 Å². The summed E-state index contributed by atoms with van der Waals surface area (Å²) >= 11 is 6.45. The molecule has 0 spiro atoms. The fourth-order valence-corrected chi connectivity index (χ4v) is 5.06. The van der Waals surface area contributed by atoms with Gasteiger partial charge in [-0.25, -0.2) is 8.42 Å². The van der Waals surface area contributed by atoms with Crippen LogP contribution in [0.2, 0.25) is 5.02 Å². The molecule has 7 nitrogen and oxygen atoms in total. The Morgan fingerprint density at radius 3 is 2.08 bits per heavy atom. The zero-order valence-electron chi connectivity index (χ0n) is 21.9. The molecule has 0 aliphatic heterocycles. The van der Waals surface area contributed by atoms with E-state index in [2.05, 4.69) is 5.32 Å². The summed E-state index contributed by atoms with van der Waals surface area (Å²) in [5.74, 6) is -0.825. The second-order valence-corrected chi connectivity index (χ2v) is 11.6. The molecular weight excluding hydrogens is 522 g/mol. The van der Waals surface area contributed by atoms with Crippen molar-refractivity contribution in [3.8, 4) is 0 Å². The van der Waals surface area contributed by atoms with Gasteiger partial charge < -0.3 is 10.2 Å². The Hall–Kier alpha value is -3.36. The van der Waals surface area contributed by atoms with Crippen LogP contribution in [0.15, 0.2) is 84.9 Å². The summed E-state index contributed by atoms with van der Waals surface area (Å²) in [5.41, 5.74) is 1.89. The van der Waals surface area contributed by atoms with Gasteiger partial charge in [-0.05, 0) is 42.7 Å². The van der Waals surface area contributed by atoms with Crippen LogP contribution in [0.25, 0.3) is 0 Å². The lowest BCUT2D eigenvalue weighted by atomic mass is 10.0. The molecule has 0 saturated heterocycles. The van der Waals surface area contributed by atoms with E-state index in [9.17, 15) is 18.0 Å². The van der Waals surface area contributed by atoms with Crippen LogP contribution in [0.5, 0.6) is 0 Å². The van der Waals surface area contributed by atoms with Crippen molar-refractivity contribution in [2.45, 2.75) is 45.3 Å². The molecular formula is C29H34ClN3O4S. The standard InChI is InChI=1S/C29H34ClN3O4S/c1-4-22(2)31-29(35)27(19-23-13-7-5-8-14-23)32(20-24-15-11-12-18-26(24)30)28(34)21-33(38(3,36)37)25-16-9-6-10-17-25/h5-18,22,27H,4,19-21H2,1-3H3,(H,31,35)/t22-,27+/m0/s1. The lowest BCUT2D eigenvalue weighted by molar-refractivity contribution is -0.140. The van der Waals surface area contributed by atoms with Crippen molar-refractivity contribution in [3.63, 3.8) is 0 Å². The minimum absolute atomic E-state index is 0.0380. The van der Waals surface area contributed by atoms with Crippen molar-refractivity contribution >= 4 is 39.1 Å². The van der Waals surface area contributed by atoms with E-state index in [-0.39, 0.29) is 24.9 Å². The van der Waals surface area contributed by atoms with Crippen LogP contribution in [0.4, 0.5) is 5.69 Å². The molecule has 3 aromatic rings. The first kappa shape index (κ1) is 29.2. The zero-order valence-corrected chi connectivity index (χ0v) is 23.5. The van der Waals surface area contributed by atoms with Crippen LogP contribution in [0.3, 0.4) is 0 Å². The molecule has 3 rings (SSSR count). The average Bonchev–Trinajstić information content (AvgIpc) is 2.90. The van der Waals surface area contributed by atoms with E-state index in [4.69, 9.17) is 11.6 Å². The molecule has 0 bridgehead atoms. The van der Waals surface area contributed by atoms with Gasteiger partial charge in [-0.3, -0.25) is 13.9 Å². The molecule has 2 atom stereocenters.